The van der Waals surface area contributed by atoms with Crippen molar-refractivity contribution in [2.45, 2.75) is 32.4 Å². The number of nitrogens with one attached hydrogen (secondary N) is 1. The Balaban J connectivity index is 2.13. The summed E-state index contributed by atoms with van der Waals surface area (Å²) in [6.45, 7) is -0.686. The summed E-state index contributed by atoms with van der Waals surface area (Å²) in [5.74, 6) is 0.165. The molecule has 0 fully saturated rings. The van der Waals surface area contributed by atoms with E-state index in [0.717, 1.165) is 18.5 Å². The smallest absolute Gasteiger partial charge is 0.387 e. The summed E-state index contributed by atoms with van der Waals surface area (Å²) in [6, 6.07) is 16.9. The Morgan fingerprint density at radius 2 is 1.81 bits per heavy atom. The molecule has 0 bridgehead atoms. The lowest BCUT2D eigenvalue weighted by molar-refractivity contribution is -0.0498. The zero-order chi connectivity index (χ0) is 15.1. The van der Waals surface area contributed by atoms with Crippen LogP contribution in [-0.2, 0) is 0 Å². The van der Waals surface area contributed by atoms with E-state index in [1.54, 1.807) is 12.1 Å². The average molecular weight is 291 g/mol. The molecule has 0 aliphatic heterocycles. The molecule has 4 heteroatoms. The molecule has 2 rings (SSSR count). The molecule has 0 amide bonds. The maximum atomic E-state index is 12.3. The van der Waals surface area contributed by atoms with Gasteiger partial charge in [0.15, 0.2) is 0 Å². The molecule has 2 aromatic rings. The molecule has 2 nitrogen and oxygen atoms in total. The van der Waals surface area contributed by atoms with E-state index in [1.807, 2.05) is 24.3 Å². The van der Waals surface area contributed by atoms with Crippen molar-refractivity contribution in [2.75, 3.05) is 5.32 Å². The molecule has 0 radical (unpaired) electrons. The first-order valence-corrected chi connectivity index (χ1v) is 7.05. The Kier molecular flexibility index (Phi) is 5.55. The van der Waals surface area contributed by atoms with Crippen LogP contribution in [0.2, 0.25) is 0 Å². The third-order valence-corrected chi connectivity index (χ3v) is 3.18. The topological polar surface area (TPSA) is 21.3 Å². The van der Waals surface area contributed by atoms with Gasteiger partial charge in [-0.1, -0.05) is 49.7 Å². The van der Waals surface area contributed by atoms with Gasteiger partial charge in [0.2, 0.25) is 0 Å². The predicted octanol–water partition coefficient (Wildman–Crippen LogP) is 5.24. The van der Waals surface area contributed by atoms with Crippen LogP contribution < -0.4 is 10.1 Å². The van der Waals surface area contributed by atoms with Gasteiger partial charge in [0.05, 0.1) is 6.04 Å². The highest BCUT2D eigenvalue weighted by molar-refractivity contribution is 5.50. The highest BCUT2D eigenvalue weighted by Gasteiger charge is 2.11. The fraction of sp³-hybridized carbons (Fsp3) is 0.294. The zero-order valence-corrected chi connectivity index (χ0v) is 11.9. The standard InChI is InChI=1S/C17H19F2NO/c1-2-7-16(13-8-4-3-5-9-13)20-14-10-6-11-15(12-14)21-17(18)19/h3-6,8-12,16-17,20H,2,7H2,1H3. The average Bonchev–Trinajstić information content (AvgIpc) is 2.47. The quantitative estimate of drug-likeness (QED) is 0.753. The van der Waals surface area contributed by atoms with E-state index in [-0.39, 0.29) is 11.8 Å². The Labute approximate surface area is 123 Å². The molecule has 0 saturated carbocycles. The summed E-state index contributed by atoms with van der Waals surface area (Å²) in [5.41, 5.74) is 1.95. The third-order valence-electron chi connectivity index (χ3n) is 3.18. The highest BCUT2D eigenvalue weighted by Crippen LogP contribution is 2.26. The summed E-state index contributed by atoms with van der Waals surface area (Å²) < 4.78 is 28.9. The van der Waals surface area contributed by atoms with Gasteiger partial charge in [0, 0.05) is 11.8 Å². The summed E-state index contributed by atoms with van der Waals surface area (Å²) in [7, 11) is 0. The zero-order valence-electron chi connectivity index (χ0n) is 11.9. The molecule has 0 aromatic heterocycles. The van der Waals surface area contributed by atoms with Gasteiger partial charge in [-0.2, -0.15) is 8.78 Å². The van der Waals surface area contributed by atoms with Crippen LogP contribution in [0.4, 0.5) is 14.5 Å². The molecule has 112 valence electrons. The predicted molar refractivity (Wildman–Crippen MR) is 80.8 cm³/mol. The molecule has 0 heterocycles. The van der Waals surface area contributed by atoms with E-state index in [2.05, 4.69) is 29.1 Å². The Hall–Kier alpha value is -2.10. The lowest BCUT2D eigenvalue weighted by Crippen LogP contribution is -2.10. The van der Waals surface area contributed by atoms with E-state index in [0.29, 0.717) is 0 Å². The van der Waals surface area contributed by atoms with Gasteiger partial charge in [-0.25, -0.2) is 0 Å². The van der Waals surface area contributed by atoms with Gasteiger partial charge < -0.3 is 10.1 Å². The minimum absolute atomic E-state index is 0.151. The molecule has 0 spiro atoms. The second-order valence-corrected chi connectivity index (χ2v) is 4.80. The van der Waals surface area contributed by atoms with E-state index in [1.165, 1.54) is 11.6 Å². The second kappa shape index (κ2) is 7.62. The molecule has 1 unspecified atom stereocenters. The van der Waals surface area contributed by atoms with Gasteiger partial charge in [-0.3, -0.25) is 0 Å². The Bertz CT molecular complexity index is 545. The molecule has 0 aliphatic carbocycles. The van der Waals surface area contributed by atoms with Crippen LogP contribution in [-0.4, -0.2) is 6.61 Å². The molecule has 0 aliphatic rings. The summed E-state index contributed by atoms with van der Waals surface area (Å²) in [5, 5.41) is 3.38. The third kappa shape index (κ3) is 4.74. The van der Waals surface area contributed by atoms with Crippen molar-refractivity contribution in [3.05, 3.63) is 60.2 Å². The van der Waals surface area contributed by atoms with E-state index >= 15 is 0 Å². The fourth-order valence-electron chi connectivity index (χ4n) is 2.26. The van der Waals surface area contributed by atoms with Crippen LogP contribution in [0.15, 0.2) is 54.6 Å². The van der Waals surface area contributed by atoms with E-state index < -0.39 is 6.61 Å². The first-order chi connectivity index (χ1) is 10.2. The lowest BCUT2D eigenvalue weighted by Gasteiger charge is -2.20. The number of ether oxygens (including phenoxy) is 1. The number of hydrogen-bond donors (Lipinski definition) is 1. The van der Waals surface area contributed by atoms with Gasteiger partial charge in [0.1, 0.15) is 5.75 Å². The van der Waals surface area contributed by atoms with Gasteiger partial charge in [0.25, 0.3) is 0 Å². The monoisotopic (exact) mass is 291 g/mol. The number of alkyl halides is 2. The molecular formula is C17H19F2NO. The lowest BCUT2D eigenvalue weighted by atomic mass is 10.0. The van der Waals surface area contributed by atoms with Crippen LogP contribution in [0.25, 0.3) is 0 Å². The Morgan fingerprint density at radius 1 is 1.05 bits per heavy atom. The van der Waals surface area contributed by atoms with Crippen LogP contribution >= 0.6 is 0 Å². The molecule has 0 saturated heterocycles. The van der Waals surface area contributed by atoms with Crippen LogP contribution in [0, 0.1) is 0 Å². The molecule has 1 atom stereocenters. The van der Waals surface area contributed by atoms with Crippen molar-refractivity contribution in [3.8, 4) is 5.75 Å². The number of rotatable bonds is 7. The first-order valence-electron chi connectivity index (χ1n) is 7.05. The van der Waals surface area contributed by atoms with E-state index in [4.69, 9.17) is 0 Å². The number of hydrogen-bond acceptors (Lipinski definition) is 2. The summed E-state index contributed by atoms with van der Waals surface area (Å²) in [6.07, 6.45) is 1.99. The van der Waals surface area contributed by atoms with Crippen molar-refractivity contribution in [3.63, 3.8) is 0 Å². The fourth-order valence-corrected chi connectivity index (χ4v) is 2.26. The Morgan fingerprint density at radius 3 is 2.48 bits per heavy atom. The first kappa shape index (κ1) is 15.3. The summed E-state index contributed by atoms with van der Waals surface area (Å²) >= 11 is 0. The van der Waals surface area contributed by atoms with Crippen molar-refractivity contribution in [2.24, 2.45) is 0 Å². The van der Waals surface area contributed by atoms with Crippen LogP contribution in [0.1, 0.15) is 31.4 Å². The van der Waals surface area contributed by atoms with Crippen molar-refractivity contribution >= 4 is 5.69 Å². The highest BCUT2D eigenvalue weighted by atomic mass is 19.3. The molecule has 2 aromatic carbocycles. The van der Waals surface area contributed by atoms with Crippen LogP contribution in [0.5, 0.6) is 5.75 Å². The van der Waals surface area contributed by atoms with E-state index in [9.17, 15) is 8.78 Å². The van der Waals surface area contributed by atoms with Crippen molar-refractivity contribution in [1.29, 1.82) is 0 Å². The molecular weight excluding hydrogens is 272 g/mol. The number of halogens is 2. The SMILES string of the molecule is CCCC(Nc1cccc(OC(F)F)c1)c1ccccc1. The minimum atomic E-state index is -2.80. The number of benzene rings is 2. The molecule has 1 N–H and O–H groups in total. The normalized spacial score (nSPS) is 12.2. The maximum Gasteiger partial charge on any atom is 0.387 e. The van der Waals surface area contributed by atoms with Crippen molar-refractivity contribution in [1.82, 2.24) is 0 Å². The maximum absolute atomic E-state index is 12.3. The molecule has 21 heavy (non-hydrogen) atoms. The van der Waals surface area contributed by atoms with Crippen LogP contribution in [0.3, 0.4) is 0 Å². The van der Waals surface area contributed by atoms with Crippen molar-refractivity contribution < 1.29 is 13.5 Å². The number of anilines is 1. The van der Waals surface area contributed by atoms with Gasteiger partial charge in [-0.15, -0.1) is 0 Å². The largest absolute Gasteiger partial charge is 0.435 e. The van der Waals surface area contributed by atoms with Gasteiger partial charge in [-0.05, 0) is 24.1 Å². The minimum Gasteiger partial charge on any atom is -0.435 e. The van der Waals surface area contributed by atoms with Gasteiger partial charge >= 0.3 is 6.61 Å². The summed E-state index contributed by atoms with van der Waals surface area (Å²) in [4.78, 5) is 0. The second-order valence-electron chi connectivity index (χ2n) is 4.80.